The Kier molecular flexibility index (Phi) is 4.62. The topological polar surface area (TPSA) is 30.5 Å². The molecule has 2 heterocycles. The molecule has 16 heavy (non-hydrogen) atoms. The van der Waals surface area contributed by atoms with Crippen molar-refractivity contribution in [1.82, 2.24) is 5.32 Å². The molecule has 0 radical (unpaired) electrons. The molecule has 2 unspecified atom stereocenters. The Morgan fingerprint density at radius 1 is 1.44 bits per heavy atom. The molecule has 1 N–H and O–H groups in total. The van der Waals surface area contributed by atoms with Crippen molar-refractivity contribution in [2.45, 2.75) is 57.2 Å². The molecule has 2 rings (SSSR count). The highest BCUT2D eigenvalue weighted by molar-refractivity contribution is 4.82. The van der Waals surface area contributed by atoms with Gasteiger partial charge in [0.1, 0.15) is 0 Å². The van der Waals surface area contributed by atoms with E-state index < -0.39 is 0 Å². The van der Waals surface area contributed by atoms with Crippen LogP contribution in [-0.2, 0) is 9.47 Å². The third kappa shape index (κ3) is 3.72. The van der Waals surface area contributed by atoms with Crippen molar-refractivity contribution < 1.29 is 9.47 Å². The van der Waals surface area contributed by atoms with Gasteiger partial charge in [0, 0.05) is 19.8 Å². The molecule has 0 saturated carbocycles. The minimum Gasteiger partial charge on any atom is -0.378 e. The van der Waals surface area contributed by atoms with Crippen LogP contribution in [0.3, 0.4) is 0 Å². The molecule has 2 saturated heterocycles. The molecular formula is C13H25NO2. The third-order valence-corrected chi connectivity index (χ3v) is 3.70. The quantitative estimate of drug-likeness (QED) is 0.730. The predicted octanol–water partition coefficient (Wildman–Crippen LogP) is 2.10. The van der Waals surface area contributed by atoms with Gasteiger partial charge >= 0.3 is 0 Å². The lowest BCUT2D eigenvalue weighted by Crippen LogP contribution is -2.45. The summed E-state index contributed by atoms with van der Waals surface area (Å²) in [7, 11) is 0. The Morgan fingerprint density at radius 3 is 3.06 bits per heavy atom. The summed E-state index contributed by atoms with van der Waals surface area (Å²) < 4.78 is 11.6. The number of ether oxygens (including phenoxy) is 2. The van der Waals surface area contributed by atoms with Crippen molar-refractivity contribution in [2.24, 2.45) is 0 Å². The van der Waals surface area contributed by atoms with Crippen LogP contribution in [0.4, 0.5) is 0 Å². The molecule has 2 fully saturated rings. The predicted molar refractivity (Wildman–Crippen MR) is 64.7 cm³/mol. The molecule has 0 aromatic heterocycles. The molecule has 94 valence electrons. The van der Waals surface area contributed by atoms with Gasteiger partial charge in [-0.25, -0.2) is 0 Å². The van der Waals surface area contributed by atoms with Crippen molar-refractivity contribution in [2.75, 3.05) is 26.3 Å². The largest absolute Gasteiger partial charge is 0.378 e. The van der Waals surface area contributed by atoms with Crippen LogP contribution in [0.25, 0.3) is 0 Å². The van der Waals surface area contributed by atoms with Crippen molar-refractivity contribution in [1.29, 1.82) is 0 Å². The molecule has 0 bridgehead atoms. The Labute approximate surface area is 98.9 Å². The second kappa shape index (κ2) is 5.99. The maximum Gasteiger partial charge on any atom is 0.0778 e. The lowest BCUT2D eigenvalue weighted by molar-refractivity contribution is -0.0506. The van der Waals surface area contributed by atoms with Gasteiger partial charge in [0.05, 0.1) is 11.7 Å². The molecule has 2 atom stereocenters. The van der Waals surface area contributed by atoms with E-state index in [1.807, 2.05) is 0 Å². The van der Waals surface area contributed by atoms with E-state index in [1.54, 1.807) is 0 Å². The fourth-order valence-electron chi connectivity index (χ4n) is 2.65. The van der Waals surface area contributed by atoms with Gasteiger partial charge in [-0.3, -0.25) is 0 Å². The number of piperidine rings is 1. The van der Waals surface area contributed by atoms with E-state index in [2.05, 4.69) is 12.2 Å². The summed E-state index contributed by atoms with van der Waals surface area (Å²) in [5.74, 6) is 0. The van der Waals surface area contributed by atoms with Crippen LogP contribution in [0.15, 0.2) is 0 Å². The van der Waals surface area contributed by atoms with Crippen molar-refractivity contribution in [3.63, 3.8) is 0 Å². The lowest BCUT2D eigenvalue weighted by Gasteiger charge is -2.34. The first-order chi connectivity index (χ1) is 7.79. The molecule has 0 aromatic carbocycles. The molecular weight excluding hydrogens is 202 g/mol. The van der Waals surface area contributed by atoms with Crippen LogP contribution in [0.1, 0.15) is 45.4 Å². The normalized spacial score (nSPS) is 35.4. The molecule has 3 nitrogen and oxygen atoms in total. The van der Waals surface area contributed by atoms with Crippen LogP contribution < -0.4 is 5.32 Å². The smallest absolute Gasteiger partial charge is 0.0778 e. The minimum absolute atomic E-state index is 0.0782. The van der Waals surface area contributed by atoms with E-state index in [9.17, 15) is 0 Å². The molecule has 0 aromatic rings. The first-order valence-corrected chi connectivity index (χ1v) is 6.75. The summed E-state index contributed by atoms with van der Waals surface area (Å²) >= 11 is 0. The van der Waals surface area contributed by atoms with Crippen LogP contribution in [-0.4, -0.2) is 38.0 Å². The summed E-state index contributed by atoms with van der Waals surface area (Å²) in [6.45, 7) is 6.23. The fourth-order valence-corrected chi connectivity index (χ4v) is 2.65. The summed E-state index contributed by atoms with van der Waals surface area (Å²) in [6.07, 6.45) is 7.75. The van der Waals surface area contributed by atoms with Gasteiger partial charge in [0.2, 0.25) is 0 Å². The fraction of sp³-hybridized carbons (Fsp3) is 1.00. The van der Waals surface area contributed by atoms with Gasteiger partial charge in [-0.05, 0) is 52.0 Å². The molecule has 3 heteroatoms. The maximum atomic E-state index is 6.01. The van der Waals surface area contributed by atoms with Crippen LogP contribution >= 0.6 is 0 Å². The summed E-state index contributed by atoms with van der Waals surface area (Å²) in [4.78, 5) is 0. The Morgan fingerprint density at radius 2 is 2.38 bits per heavy atom. The minimum atomic E-state index is 0.0782. The van der Waals surface area contributed by atoms with Gasteiger partial charge in [-0.1, -0.05) is 0 Å². The van der Waals surface area contributed by atoms with E-state index in [0.717, 1.165) is 32.7 Å². The average molecular weight is 227 g/mol. The monoisotopic (exact) mass is 227 g/mol. The van der Waals surface area contributed by atoms with Gasteiger partial charge in [-0.15, -0.1) is 0 Å². The zero-order chi connectivity index (χ0) is 11.3. The van der Waals surface area contributed by atoms with Crippen LogP contribution in [0.5, 0.6) is 0 Å². The van der Waals surface area contributed by atoms with Crippen molar-refractivity contribution in [3.05, 3.63) is 0 Å². The first kappa shape index (κ1) is 12.3. The number of hydrogen-bond donors (Lipinski definition) is 1. The van der Waals surface area contributed by atoms with Gasteiger partial charge in [0.15, 0.2) is 0 Å². The zero-order valence-corrected chi connectivity index (χ0v) is 10.5. The average Bonchev–Trinajstić information content (AvgIpc) is 2.78. The summed E-state index contributed by atoms with van der Waals surface area (Å²) in [5.41, 5.74) is 0.0782. The van der Waals surface area contributed by atoms with Gasteiger partial charge < -0.3 is 14.8 Å². The molecule has 0 amide bonds. The first-order valence-electron chi connectivity index (χ1n) is 6.75. The molecule has 0 aliphatic carbocycles. The second-order valence-corrected chi connectivity index (χ2v) is 5.36. The SMILES string of the molecule is CC1(OCCCC2CCCO2)CCCNC1. The van der Waals surface area contributed by atoms with E-state index in [0.29, 0.717) is 6.10 Å². The lowest BCUT2D eigenvalue weighted by atomic mass is 9.96. The molecule has 2 aliphatic rings. The van der Waals surface area contributed by atoms with Crippen LogP contribution in [0.2, 0.25) is 0 Å². The maximum absolute atomic E-state index is 6.01. The van der Waals surface area contributed by atoms with Gasteiger partial charge in [0.25, 0.3) is 0 Å². The highest BCUT2D eigenvalue weighted by atomic mass is 16.5. The highest BCUT2D eigenvalue weighted by Crippen LogP contribution is 2.21. The Balaban J connectivity index is 1.56. The number of hydrogen-bond acceptors (Lipinski definition) is 3. The molecule has 2 aliphatic heterocycles. The second-order valence-electron chi connectivity index (χ2n) is 5.36. The Bertz CT molecular complexity index is 196. The van der Waals surface area contributed by atoms with E-state index in [4.69, 9.17) is 9.47 Å². The van der Waals surface area contributed by atoms with Crippen LogP contribution in [0, 0.1) is 0 Å². The standard InChI is InChI=1S/C13H25NO2/c1-13(7-4-8-14-11-13)16-10-3-6-12-5-2-9-15-12/h12,14H,2-11H2,1H3. The van der Waals surface area contributed by atoms with E-state index >= 15 is 0 Å². The van der Waals surface area contributed by atoms with Gasteiger partial charge in [-0.2, -0.15) is 0 Å². The summed E-state index contributed by atoms with van der Waals surface area (Å²) in [6, 6.07) is 0. The zero-order valence-electron chi connectivity index (χ0n) is 10.5. The van der Waals surface area contributed by atoms with Crippen molar-refractivity contribution in [3.8, 4) is 0 Å². The van der Waals surface area contributed by atoms with Crippen molar-refractivity contribution >= 4 is 0 Å². The highest BCUT2D eigenvalue weighted by Gasteiger charge is 2.27. The number of nitrogens with one attached hydrogen (secondary N) is 1. The summed E-state index contributed by atoms with van der Waals surface area (Å²) in [5, 5.41) is 3.41. The number of rotatable bonds is 5. The van der Waals surface area contributed by atoms with E-state index in [-0.39, 0.29) is 5.60 Å². The molecule has 0 spiro atoms. The third-order valence-electron chi connectivity index (χ3n) is 3.70. The van der Waals surface area contributed by atoms with E-state index in [1.165, 1.54) is 32.1 Å². The Hall–Kier alpha value is -0.120.